The zero-order valence-corrected chi connectivity index (χ0v) is 16.1. The molecule has 1 aromatic carbocycles. The van der Waals surface area contributed by atoms with Gasteiger partial charge < -0.3 is 9.47 Å². The minimum atomic E-state index is -0.530. The third-order valence-corrected chi connectivity index (χ3v) is 3.78. The monoisotopic (exact) mass is 373 g/mol. The van der Waals surface area contributed by atoms with Gasteiger partial charge in [-0.3, -0.25) is 5.43 Å². The number of nitrogens with zero attached hydrogens (tertiary/aromatic N) is 3. The van der Waals surface area contributed by atoms with Gasteiger partial charge in [0.05, 0.1) is 19.4 Å². The number of anilines is 1. The van der Waals surface area contributed by atoms with E-state index in [0.717, 1.165) is 17.7 Å². The van der Waals surface area contributed by atoms with Crippen LogP contribution in [0.1, 0.15) is 50.8 Å². The lowest BCUT2D eigenvalue weighted by molar-refractivity contribution is 0.270. The second kappa shape index (κ2) is 10.9. The van der Waals surface area contributed by atoms with E-state index in [1.807, 2.05) is 25.1 Å². The number of hydrazone groups is 1. The third kappa shape index (κ3) is 6.73. The molecular weight excluding hydrogens is 346 g/mol. The summed E-state index contributed by atoms with van der Waals surface area (Å²) in [6.07, 6.45) is 6.25. The Morgan fingerprint density at radius 2 is 2.04 bits per heavy atom. The molecule has 27 heavy (non-hydrogen) atoms. The first-order chi connectivity index (χ1) is 13.1. The predicted molar refractivity (Wildman–Crippen MR) is 106 cm³/mol. The van der Waals surface area contributed by atoms with Crippen molar-refractivity contribution in [1.29, 1.82) is 0 Å². The molecule has 2 N–H and O–H groups in total. The summed E-state index contributed by atoms with van der Waals surface area (Å²) in [4.78, 5) is 15.0. The van der Waals surface area contributed by atoms with Gasteiger partial charge in [-0.05, 0) is 44.0 Å². The van der Waals surface area contributed by atoms with Gasteiger partial charge >= 0.3 is 5.69 Å². The van der Waals surface area contributed by atoms with Crippen molar-refractivity contribution in [2.75, 3.05) is 18.6 Å². The number of aryl methyl sites for hydroxylation is 1. The smallest absolute Gasteiger partial charge is 0.363 e. The summed E-state index contributed by atoms with van der Waals surface area (Å²) >= 11 is 0. The number of H-pyrrole nitrogens is 1. The van der Waals surface area contributed by atoms with E-state index in [2.05, 4.69) is 32.6 Å². The van der Waals surface area contributed by atoms with Crippen molar-refractivity contribution in [2.45, 2.75) is 46.5 Å². The molecule has 0 spiro atoms. The maximum absolute atomic E-state index is 11.2. The minimum Gasteiger partial charge on any atom is -0.490 e. The summed E-state index contributed by atoms with van der Waals surface area (Å²) in [5, 5.41) is 10.2. The Morgan fingerprint density at radius 3 is 2.81 bits per heavy atom. The highest BCUT2D eigenvalue weighted by Gasteiger charge is 2.06. The molecule has 1 aromatic heterocycles. The van der Waals surface area contributed by atoms with Gasteiger partial charge in [-0.2, -0.15) is 15.2 Å². The Balaban J connectivity index is 2.01. The van der Waals surface area contributed by atoms with Crippen LogP contribution >= 0.6 is 0 Å². The SMILES string of the molecule is CCCCCCOc1ccc(/C=N/Nc2nc(=O)[nH]nc2C)cc1OCC. The van der Waals surface area contributed by atoms with E-state index in [9.17, 15) is 4.79 Å². The molecule has 0 fully saturated rings. The van der Waals surface area contributed by atoms with Gasteiger partial charge in [0.1, 0.15) is 5.69 Å². The van der Waals surface area contributed by atoms with E-state index in [1.54, 1.807) is 13.1 Å². The Bertz CT molecular complexity index is 804. The van der Waals surface area contributed by atoms with E-state index in [-0.39, 0.29) is 0 Å². The number of unbranched alkanes of at least 4 members (excludes halogenated alkanes) is 3. The van der Waals surface area contributed by atoms with E-state index in [1.165, 1.54) is 19.3 Å². The number of hydrogen-bond acceptors (Lipinski definition) is 7. The van der Waals surface area contributed by atoms with Crippen LogP contribution in [-0.2, 0) is 0 Å². The van der Waals surface area contributed by atoms with Gasteiger partial charge in [-0.25, -0.2) is 9.89 Å². The van der Waals surface area contributed by atoms with Gasteiger partial charge in [0, 0.05) is 0 Å². The molecule has 0 bridgehead atoms. The summed E-state index contributed by atoms with van der Waals surface area (Å²) < 4.78 is 11.5. The summed E-state index contributed by atoms with van der Waals surface area (Å²) in [5.41, 5.74) is 3.58. The standard InChI is InChI=1S/C19H27N5O3/c1-4-6-7-8-11-27-16-10-9-15(12-17(16)26-5-2)13-20-23-18-14(3)22-24-19(25)21-18/h9-10,12-13H,4-8,11H2,1-3H3,(H2,21,23,24,25)/b20-13+. The first kappa shape index (κ1) is 20.4. The van der Waals surface area contributed by atoms with Gasteiger partial charge in [0.25, 0.3) is 0 Å². The van der Waals surface area contributed by atoms with Crippen LogP contribution in [0.3, 0.4) is 0 Å². The molecule has 0 aliphatic heterocycles. The average Bonchev–Trinajstić information content (AvgIpc) is 2.66. The summed E-state index contributed by atoms with van der Waals surface area (Å²) in [6, 6.07) is 5.64. The zero-order chi connectivity index (χ0) is 19.5. The van der Waals surface area contributed by atoms with Gasteiger partial charge in [-0.15, -0.1) is 0 Å². The summed E-state index contributed by atoms with van der Waals surface area (Å²) in [5.74, 6) is 1.73. The Kier molecular flexibility index (Phi) is 8.28. The Hall–Kier alpha value is -2.90. The first-order valence-corrected chi connectivity index (χ1v) is 9.26. The fraction of sp³-hybridized carbons (Fsp3) is 0.474. The zero-order valence-electron chi connectivity index (χ0n) is 16.1. The van der Waals surface area contributed by atoms with Crippen molar-refractivity contribution < 1.29 is 9.47 Å². The molecule has 2 rings (SSSR count). The lowest BCUT2D eigenvalue weighted by Gasteiger charge is -2.12. The van der Waals surface area contributed by atoms with Crippen molar-refractivity contribution in [3.8, 4) is 11.5 Å². The second-order valence-corrected chi connectivity index (χ2v) is 5.99. The second-order valence-electron chi connectivity index (χ2n) is 5.99. The fourth-order valence-electron chi connectivity index (χ4n) is 2.37. The number of benzene rings is 1. The van der Waals surface area contributed by atoms with E-state index in [4.69, 9.17) is 9.47 Å². The molecule has 0 unspecified atom stereocenters. The fourth-order valence-corrected chi connectivity index (χ4v) is 2.37. The number of nitrogens with one attached hydrogen (secondary N) is 2. The van der Waals surface area contributed by atoms with Crippen molar-refractivity contribution in [3.63, 3.8) is 0 Å². The lowest BCUT2D eigenvalue weighted by atomic mass is 10.2. The van der Waals surface area contributed by atoms with Gasteiger partial charge in [0.15, 0.2) is 17.3 Å². The molecule has 8 heteroatoms. The van der Waals surface area contributed by atoms with Crippen molar-refractivity contribution >= 4 is 12.0 Å². The lowest BCUT2D eigenvalue weighted by Crippen LogP contribution is -2.15. The number of ether oxygens (including phenoxy) is 2. The van der Waals surface area contributed by atoms with Crippen LogP contribution < -0.4 is 20.6 Å². The molecule has 0 saturated carbocycles. The van der Waals surface area contributed by atoms with Gasteiger partial charge in [0.2, 0.25) is 0 Å². The molecule has 0 radical (unpaired) electrons. The molecule has 0 amide bonds. The van der Waals surface area contributed by atoms with Crippen LogP contribution in [0.4, 0.5) is 5.82 Å². The summed E-state index contributed by atoms with van der Waals surface area (Å²) in [6.45, 7) is 7.07. The number of aromatic amines is 1. The molecular formula is C19H27N5O3. The molecule has 2 aromatic rings. The Labute approximate surface area is 159 Å². The number of rotatable bonds is 11. The van der Waals surface area contributed by atoms with E-state index < -0.39 is 5.69 Å². The minimum absolute atomic E-state index is 0.312. The maximum Gasteiger partial charge on any atom is 0.363 e. The highest BCUT2D eigenvalue weighted by molar-refractivity contribution is 5.81. The topological polar surface area (TPSA) is 101 Å². The molecule has 8 nitrogen and oxygen atoms in total. The highest BCUT2D eigenvalue weighted by Crippen LogP contribution is 2.28. The maximum atomic E-state index is 11.2. The molecule has 1 heterocycles. The molecule has 0 aliphatic rings. The summed E-state index contributed by atoms with van der Waals surface area (Å²) in [7, 11) is 0. The molecule has 146 valence electrons. The van der Waals surface area contributed by atoms with Crippen LogP contribution in [-0.4, -0.2) is 34.6 Å². The normalized spacial score (nSPS) is 10.9. The third-order valence-electron chi connectivity index (χ3n) is 3.78. The van der Waals surface area contributed by atoms with E-state index in [0.29, 0.717) is 30.5 Å². The number of aromatic nitrogens is 3. The van der Waals surface area contributed by atoms with Crippen LogP contribution in [0.5, 0.6) is 11.5 Å². The Morgan fingerprint density at radius 1 is 1.19 bits per heavy atom. The largest absolute Gasteiger partial charge is 0.490 e. The van der Waals surface area contributed by atoms with Crippen LogP contribution in [0.15, 0.2) is 28.1 Å². The first-order valence-electron chi connectivity index (χ1n) is 9.26. The number of hydrogen-bond donors (Lipinski definition) is 2. The quantitative estimate of drug-likeness (QED) is 0.356. The predicted octanol–water partition coefficient (Wildman–Crippen LogP) is 3.28. The average molecular weight is 373 g/mol. The van der Waals surface area contributed by atoms with Crippen LogP contribution in [0.25, 0.3) is 0 Å². The van der Waals surface area contributed by atoms with Crippen LogP contribution in [0.2, 0.25) is 0 Å². The van der Waals surface area contributed by atoms with Gasteiger partial charge in [-0.1, -0.05) is 26.2 Å². The van der Waals surface area contributed by atoms with Crippen LogP contribution in [0, 0.1) is 6.92 Å². The molecule has 0 saturated heterocycles. The van der Waals surface area contributed by atoms with E-state index >= 15 is 0 Å². The highest BCUT2D eigenvalue weighted by atomic mass is 16.5. The van der Waals surface area contributed by atoms with Crippen molar-refractivity contribution in [2.24, 2.45) is 5.10 Å². The van der Waals surface area contributed by atoms with Crippen molar-refractivity contribution in [1.82, 2.24) is 15.2 Å². The van der Waals surface area contributed by atoms with Crippen molar-refractivity contribution in [3.05, 3.63) is 39.9 Å². The molecule has 0 atom stereocenters. The molecule has 0 aliphatic carbocycles.